The molecule has 2 aromatic rings. The van der Waals surface area contributed by atoms with Crippen LogP contribution in [0.15, 0.2) is 47.5 Å². The number of nitrogens with zero attached hydrogens (tertiary/aromatic N) is 1. The molecule has 134 valence electrons. The molecule has 5 nitrogen and oxygen atoms in total. The SMILES string of the molecule is CCNC(=NCc1cc(OC)ccc1O)NC(C)c1ccc(Cl)cc1. The lowest BCUT2D eigenvalue weighted by atomic mass is 10.1. The highest BCUT2D eigenvalue weighted by Gasteiger charge is 2.09. The lowest BCUT2D eigenvalue weighted by molar-refractivity contribution is 0.411. The number of nitrogens with one attached hydrogen (secondary N) is 2. The van der Waals surface area contributed by atoms with Crippen molar-refractivity contribution in [2.24, 2.45) is 4.99 Å². The largest absolute Gasteiger partial charge is 0.508 e. The molecule has 0 aliphatic heterocycles. The van der Waals surface area contributed by atoms with Crippen LogP contribution in [0.2, 0.25) is 5.02 Å². The van der Waals surface area contributed by atoms with Gasteiger partial charge >= 0.3 is 0 Å². The molecule has 0 aliphatic rings. The summed E-state index contributed by atoms with van der Waals surface area (Å²) in [7, 11) is 1.60. The van der Waals surface area contributed by atoms with Gasteiger partial charge in [-0.2, -0.15) is 0 Å². The predicted molar refractivity (Wildman–Crippen MR) is 102 cm³/mol. The molecule has 0 heterocycles. The molecule has 1 atom stereocenters. The highest BCUT2D eigenvalue weighted by Crippen LogP contribution is 2.23. The lowest BCUT2D eigenvalue weighted by Gasteiger charge is -2.18. The van der Waals surface area contributed by atoms with Crippen LogP contribution in [0.1, 0.15) is 31.0 Å². The Morgan fingerprint density at radius 1 is 1.24 bits per heavy atom. The van der Waals surface area contributed by atoms with Crippen molar-refractivity contribution in [3.8, 4) is 11.5 Å². The number of aromatic hydroxyl groups is 1. The van der Waals surface area contributed by atoms with Crippen molar-refractivity contribution in [2.75, 3.05) is 13.7 Å². The van der Waals surface area contributed by atoms with Gasteiger partial charge in [0, 0.05) is 17.1 Å². The van der Waals surface area contributed by atoms with Gasteiger partial charge in [-0.05, 0) is 49.7 Å². The van der Waals surface area contributed by atoms with Crippen LogP contribution in [-0.2, 0) is 6.54 Å². The number of hydrogen-bond donors (Lipinski definition) is 3. The van der Waals surface area contributed by atoms with E-state index in [1.54, 1.807) is 25.3 Å². The van der Waals surface area contributed by atoms with E-state index in [2.05, 4.69) is 22.5 Å². The van der Waals surface area contributed by atoms with Crippen LogP contribution in [0, 0.1) is 0 Å². The van der Waals surface area contributed by atoms with Crippen LogP contribution < -0.4 is 15.4 Å². The first-order chi connectivity index (χ1) is 12.0. The summed E-state index contributed by atoms with van der Waals surface area (Å²) in [4.78, 5) is 4.56. The zero-order valence-electron chi connectivity index (χ0n) is 14.7. The first-order valence-electron chi connectivity index (χ1n) is 8.19. The minimum Gasteiger partial charge on any atom is -0.508 e. The summed E-state index contributed by atoms with van der Waals surface area (Å²) >= 11 is 5.94. The highest BCUT2D eigenvalue weighted by atomic mass is 35.5. The fraction of sp³-hybridized carbons (Fsp3) is 0.316. The van der Waals surface area contributed by atoms with Gasteiger partial charge in [-0.15, -0.1) is 0 Å². The Bertz CT molecular complexity index is 717. The van der Waals surface area contributed by atoms with Gasteiger partial charge in [0.15, 0.2) is 5.96 Å². The minimum atomic E-state index is 0.0639. The standard InChI is InChI=1S/C19H24ClN3O2/c1-4-21-19(23-13(2)14-5-7-16(20)8-6-14)22-12-15-11-17(25-3)9-10-18(15)24/h5-11,13,24H,4,12H2,1-3H3,(H2,21,22,23). The van der Waals surface area contributed by atoms with E-state index in [1.807, 2.05) is 31.2 Å². The molecule has 0 bridgehead atoms. The van der Waals surface area contributed by atoms with E-state index in [4.69, 9.17) is 16.3 Å². The summed E-state index contributed by atoms with van der Waals surface area (Å²) in [5, 5.41) is 17.3. The van der Waals surface area contributed by atoms with E-state index >= 15 is 0 Å². The van der Waals surface area contributed by atoms with Gasteiger partial charge < -0.3 is 20.5 Å². The molecule has 3 N–H and O–H groups in total. The molecule has 1 unspecified atom stereocenters. The predicted octanol–water partition coefficient (Wildman–Crippen LogP) is 3.87. The van der Waals surface area contributed by atoms with Crippen molar-refractivity contribution < 1.29 is 9.84 Å². The number of phenols is 1. The quantitative estimate of drug-likeness (QED) is 0.539. The Kier molecular flexibility index (Phi) is 6.95. The maximum Gasteiger partial charge on any atom is 0.192 e. The molecule has 0 fully saturated rings. The first-order valence-corrected chi connectivity index (χ1v) is 8.57. The van der Waals surface area contributed by atoms with Crippen LogP contribution in [0.3, 0.4) is 0 Å². The Balaban J connectivity index is 2.11. The number of halogens is 1. The highest BCUT2D eigenvalue weighted by molar-refractivity contribution is 6.30. The average Bonchev–Trinajstić information content (AvgIpc) is 2.61. The smallest absolute Gasteiger partial charge is 0.192 e. The molecule has 0 radical (unpaired) electrons. The molecule has 2 rings (SSSR count). The number of aliphatic imine (C=N–C) groups is 1. The molecule has 0 spiro atoms. The summed E-state index contributed by atoms with van der Waals surface area (Å²) < 4.78 is 5.19. The first kappa shape index (κ1) is 18.9. The molecule has 0 saturated carbocycles. The summed E-state index contributed by atoms with van der Waals surface area (Å²) in [5.74, 6) is 1.56. The molecule has 0 aromatic heterocycles. The van der Waals surface area contributed by atoms with Gasteiger partial charge in [0.2, 0.25) is 0 Å². The third kappa shape index (κ3) is 5.57. The van der Waals surface area contributed by atoms with E-state index in [0.29, 0.717) is 28.8 Å². The summed E-state index contributed by atoms with van der Waals surface area (Å²) in [6, 6.07) is 12.9. The second-order valence-electron chi connectivity index (χ2n) is 5.61. The van der Waals surface area contributed by atoms with Crippen molar-refractivity contribution in [3.63, 3.8) is 0 Å². The van der Waals surface area contributed by atoms with Gasteiger partial charge in [0.1, 0.15) is 11.5 Å². The van der Waals surface area contributed by atoms with E-state index in [1.165, 1.54) is 0 Å². The summed E-state index contributed by atoms with van der Waals surface area (Å²) in [5.41, 5.74) is 1.81. The van der Waals surface area contributed by atoms with Crippen LogP contribution in [0.5, 0.6) is 11.5 Å². The fourth-order valence-corrected chi connectivity index (χ4v) is 2.47. The van der Waals surface area contributed by atoms with Gasteiger partial charge in [0.05, 0.1) is 19.7 Å². The monoisotopic (exact) mass is 361 g/mol. The molecule has 25 heavy (non-hydrogen) atoms. The molecule has 0 saturated heterocycles. The van der Waals surface area contributed by atoms with Gasteiger partial charge in [-0.1, -0.05) is 23.7 Å². The summed E-state index contributed by atoms with van der Waals surface area (Å²) in [6.45, 7) is 5.14. The van der Waals surface area contributed by atoms with E-state index in [9.17, 15) is 5.11 Å². The van der Waals surface area contributed by atoms with Crippen molar-refractivity contribution >= 4 is 17.6 Å². The number of guanidine groups is 1. The number of rotatable bonds is 6. The zero-order chi connectivity index (χ0) is 18.2. The number of ether oxygens (including phenoxy) is 1. The Morgan fingerprint density at radius 3 is 2.60 bits per heavy atom. The van der Waals surface area contributed by atoms with Gasteiger partial charge in [-0.25, -0.2) is 4.99 Å². The number of hydrogen-bond acceptors (Lipinski definition) is 3. The maximum atomic E-state index is 9.98. The van der Waals surface area contributed by atoms with Crippen LogP contribution in [-0.4, -0.2) is 24.7 Å². The van der Waals surface area contributed by atoms with Crippen LogP contribution in [0.4, 0.5) is 0 Å². The Hall–Kier alpha value is -2.40. The van der Waals surface area contributed by atoms with E-state index < -0.39 is 0 Å². The Morgan fingerprint density at radius 2 is 1.96 bits per heavy atom. The lowest BCUT2D eigenvalue weighted by Crippen LogP contribution is -2.38. The minimum absolute atomic E-state index is 0.0639. The molecule has 6 heteroatoms. The average molecular weight is 362 g/mol. The maximum absolute atomic E-state index is 9.98. The van der Waals surface area contributed by atoms with E-state index in [-0.39, 0.29) is 11.8 Å². The van der Waals surface area contributed by atoms with Crippen LogP contribution >= 0.6 is 11.6 Å². The van der Waals surface area contributed by atoms with Crippen molar-refractivity contribution in [3.05, 3.63) is 58.6 Å². The third-order valence-electron chi connectivity index (χ3n) is 3.76. The number of phenolic OH excluding ortho intramolecular Hbond substituents is 1. The normalized spacial score (nSPS) is 12.6. The second-order valence-corrected chi connectivity index (χ2v) is 6.04. The van der Waals surface area contributed by atoms with Crippen molar-refractivity contribution in [2.45, 2.75) is 26.4 Å². The number of methoxy groups -OCH3 is 1. The second kappa shape index (κ2) is 9.18. The fourth-order valence-electron chi connectivity index (χ4n) is 2.34. The molecular weight excluding hydrogens is 338 g/mol. The Labute approximate surface area is 153 Å². The van der Waals surface area contributed by atoms with Gasteiger partial charge in [-0.3, -0.25) is 0 Å². The van der Waals surface area contributed by atoms with E-state index in [0.717, 1.165) is 12.1 Å². The molecule has 2 aromatic carbocycles. The topological polar surface area (TPSA) is 65.9 Å². The number of benzene rings is 2. The van der Waals surface area contributed by atoms with Crippen molar-refractivity contribution in [1.29, 1.82) is 0 Å². The van der Waals surface area contributed by atoms with Crippen LogP contribution in [0.25, 0.3) is 0 Å². The van der Waals surface area contributed by atoms with Crippen molar-refractivity contribution in [1.82, 2.24) is 10.6 Å². The molecular formula is C19H24ClN3O2. The zero-order valence-corrected chi connectivity index (χ0v) is 15.5. The third-order valence-corrected chi connectivity index (χ3v) is 4.01. The summed E-state index contributed by atoms with van der Waals surface area (Å²) in [6.07, 6.45) is 0. The van der Waals surface area contributed by atoms with Gasteiger partial charge in [0.25, 0.3) is 0 Å². The molecule has 0 amide bonds. The molecule has 0 aliphatic carbocycles.